The number of rotatable bonds is 5. The number of hydrogen-bond acceptors (Lipinski definition) is 8. The van der Waals surface area contributed by atoms with Gasteiger partial charge in [0.2, 0.25) is 5.91 Å². The van der Waals surface area contributed by atoms with E-state index in [1.54, 1.807) is 37.8 Å². The number of methoxy groups -OCH3 is 2. The van der Waals surface area contributed by atoms with E-state index in [4.69, 9.17) is 14.2 Å². The summed E-state index contributed by atoms with van der Waals surface area (Å²) < 4.78 is 17.1. The van der Waals surface area contributed by atoms with Crippen molar-refractivity contribution in [3.8, 4) is 11.5 Å². The van der Waals surface area contributed by atoms with Crippen molar-refractivity contribution >= 4 is 22.4 Å². The van der Waals surface area contributed by atoms with Crippen LogP contribution >= 0.6 is 11.3 Å². The molecule has 0 atom stereocenters. The minimum atomic E-state index is -0.327. The van der Waals surface area contributed by atoms with Crippen LogP contribution in [0.2, 0.25) is 0 Å². The molecule has 0 bridgehead atoms. The van der Waals surface area contributed by atoms with Crippen LogP contribution in [0.15, 0.2) is 23.8 Å². The van der Waals surface area contributed by atoms with Gasteiger partial charge in [-0.15, -0.1) is 11.3 Å². The summed E-state index contributed by atoms with van der Waals surface area (Å²) >= 11 is 1.65. The standard InChI is InChI=1S/C20H26N4O4S/c1-26-16-3-7-21-15(18(16)27-2)13-24-14-20(28-11-4-17(24)25)5-9-23(10-6-20)19-22-8-12-29-19/h3,7-8,12H,4-6,9-11,13-14H2,1-2H3. The van der Waals surface area contributed by atoms with E-state index in [1.165, 1.54) is 0 Å². The molecule has 0 unspecified atom stereocenters. The van der Waals surface area contributed by atoms with Gasteiger partial charge in [-0.3, -0.25) is 9.78 Å². The van der Waals surface area contributed by atoms with Crippen molar-refractivity contribution in [1.29, 1.82) is 0 Å². The number of anilines is 1. The van der Waals surface area contributed by atoms with Gasteiger partial charge in [0.15, 0.2) is 16.6 Å². The van der Waals surface area contributed by atoms with Crippen molar-refractivity contribution in [2.75, 3.05) is 45.4 Å². The number of pyridine rings is 1. The summed E-state index contributed by atoms with van der Waals surface area (Å²) in [6.45, 7) is 3.13. The summed E-state index contributed by atoms with van der Waals surface area (Å²) in [5.41, 5.74) is 0.365. The molecular weight excluding hydrogens is 392 g/mol. The van der Waals surface area contributed by atoms with Gasteiger partial charge in [-0.1, -0.05) is 0 Å². The van der Waals surface area contributed by atoms with Crippen LogP contribution in [-0.4, -0.2) is 66.8 Å². The van der Waals surface area contributed by atoms with E-state index < -0.39 is 0 Å². The summed E-state index contributed by atoms with van der Waals surface area (Å²) in [6, 6.07) is 1.76. The van der Waals surface area contributed by atoms with Crippen molar-refractivity contribution in [3.63, 3.8) is 0 Å². The third-order valence-electron chi connectivity index (χ3n) is 5.63. The van der Waals surface area contributed by atoms with E-state index in [0.717, 1.165) is 31.1 Å². The highest BCUT2D eigenvalue weighted by Crippen LogP contribution is 2.35. The Hall–Kier alpha value is -2.39. The molecule has 0 saturated carbocycles. The number of aromatic nitrogens is 2. The van der Waals surface area contributed by atoms with E-state index >= 15 is 0 Å². The van der Waals surface area contributed by atoms with Crippen LogP contribution in [0.5, 0.6) is 11.5 Å². The number of piperidine rings is 1. The SMILES string of the molecule is COc1ccnc(CN2CC3(CCN(c4nccs4)CC3)OCCC2=O)c1OC. The van der Waals surface area contributed by atoms with Crippen LogP contribution in [0, 0.1) is 0 Å². The maximum Gasteiger partial charge on any atom is 0.225 e. The van der Waals surface area contributed by atoms with Crippen molar-refractivity contribution < 1.29 is 19.0 Å². The van der Waals surface area contributed by atoms with Crippen molar-refractivity contribution in [3.05, 3.63) is 29.5 Å². The zero-order valence-electron chi connectivity index (χ0n) is 16.8. The molecule has 0 N–H and O–H groups in total. The predicted molar refractivity (Wildman–Crippen MR) is 110 cm³/mol. The summed E-state index contributed by atoms with van der Waals surface area (Å²) in [5.74, 6) is 1.26. The predicted octanol–water partition coefficient (Wildman–Crippen LogP) is 2.34. The number of carbonyl (C=O) groups is 1. The Bertz CT molecular complexity index is 837. The molecule has 8 nitrogen and oxygen atoms in total. The molecule has 4 heterocycles. The molecule has 2 aromatic rings. The molecule has 9 heteroatoms. The minimum absolute atomic E-state index is 0.0795. The second kappa shape index (κ2) is 8.54. The highest BCUT2D eigenvalue weighted by Gasteiger charge is 2.41. The number of hydrogen-bond donors (Lipinski definition) is 0. The zero-order chi connectivity index (χ0) is 20.3. The van der Waals surface area contributed by atoms with Crippen molar-refractivity contribution in [2.24, 2.45) is 0 Å². The van der Waals surface area contributed by atoms with Crippen molar-refractivity contribution in [2.45, 2.75) is 31.4 Å². The lowest BCUT2D eigenvalue weighted by atomic mass is 9.90. The first-order valence-electron chi connectivity index (χ1n) is 9.76. The largest absolute Gasteiger partial charge is 0.493 e. The molecule has 156 valence electrons. The topological polar surface area (TPSA) is 77.0 Å². The Labute approximate surface area is 174 Å². The van der Waals surface area contributed by atoms with E-state index in [9.17, 15) is 4.79 Å². The Morgan fingerprint density at radius 3 is 2.72 bits per heavy atom. The number of nitrogens with zero attached hydrogens (tertiary/aromatic N) is 4. The zero-order valence-corrected chi connectivity index (χ0v) is 17.6. The van der Waals surface area contributed by atoms with E-state index in [-0.39, 0.29) is 11.5 Å². The molecule has 2 aliphatic heterocycles. The molecule has 4 rings (SSSR count). The maximum atomic E-state index is 12.8. The average molecular weight is 419 g/mol. The highest BCUT2D eigenvalue weighted by molar-refractivity contribution is 7.13. The molecule has 2 aliphatic rings. The van der Waals surface area contributed by atoms with Gasteiger partial charge in [0.25, 0.3) is 0 Å². The van der Waals surface area contributed by atoms with Gasteiger partial charge < -0.3 is 24.0 Å². The summed E-state index contributed by atoms with van der Waals surface area (Å²) in [6.07, 6.45) is 5.61. The Balaban J connectivity index is 1.50. The molecule has 1 amide bonds. The fourth-order valence-electron chi connectivity index (χ4n) is 4.06. The lowest BCUT2D eigenvalue weighted by Gasteiger charge is -2.42. The Morgan fingerprint density at radius 2 is 2.03 bits per heavy atom. The average Bonchev–Trinajstić information content (AvgIpc) is 3.23. The summed E-state index contributed by atoms with van der Waals surface area (Å²) in [4.78, 5) is 25.8. The number of carbonyl (C=O) groups excluding carboxylic acids is 1. The normalized spacial score (nSPS) is 19.3. The monoisotopic (exact) mass is 418 g/mol. The van der Waals surface area contributed by atoms with E-state index in [2.05, 4.69) is 14.9 Å². The molecule has 0 aromatic carbocycles. The smallest absolute Gasteiger partial charge is 0.225 e. The van der Waals surface area contributed by atoms with Gasteiger partial charge in [0.05, 0.1) is 45.9 Å². The van der Waals surface area contributed by atoms with Crippen LogP contribution in [0.3, 0.4) is 0 Å². The number of thiazole rings is 1. The third-order valence-corrected chi connectivity index (χ3v) is 6.46. The maximum absolute atomic E-state index is 12.8. The molecular formula is C20H26N4O4S. The summed E-state index contributed by atoms with van der Waals surface area (Å²) in [7, 11) is 3.18. The lowest BCUT2D eigenvalue weighted by molar-refractivity contribution is -0.132. The van der Waals surface area contributed by atoms with Crippen LogP contribution in [0.4, 0.5) is 5.13 Å². The molecule has 1 spiro atoms. The van der Waals surface area contributed by atoms with Gasteiger partial charge in [0, 0.05) is 36.9 Å². The van der Waals surface area contributed by atoms with Gasteiger partial charge in [-0.05, 0) is 12.8 Å². The molecule has 29 heavy (non-hydrogen) atoms. The van der Waals surface area contributed by atoms with Crippen LogP contribution < -0.4 is 14.4 Å². The van der Waals surface area contributed by atoms with Crippen LogP contribution in [0.25, 0.3) is 0 Å². The second-order valence-electron chi connectivity index (χ2n) is 7.33. The first kappa shape index (κ1) is 19.9. The van der Waals surface area contributed by atoms with Crippen molar-refractivity contribution in [1.82, 2.24) is 14.9 Å². The van der Waals surface area contributed by atoms with Crippen LogP contribution in [-0.2, 0) is 16.1 Å². The minimum Gasteiger partial charge on any atom is -0.493 e. The fraction of sp³-hybridized carbons (Fsp3) is 0.550. The van der Waals surface area contributed by atoms with Crippen LogP contribution in [0.1, 0.15) is 25.0 Å². The molecule has 0 radical (unpaired) electrons. The van der Waals surface area contributed by atoms with Gasteiger partial charge in [0.1, 0.15) is 5.69 Å². The number of ether oxygens (including phenoxy) is 3. The Kier molecular flexibility index (Phi) is 5.86. The number of amides is 1. The molecule has 2 fully saturated rings. The highest BCUT2D eigenvalue weighted by atomic mass is 32.1. The quantitative estimate of drug-likeness (QED) is 0.738. The molecule has 2 saturated heterocycles. The fourth-order valence-corrected chi connectivity index (χ4v) is 4.76. The lowest BCUT2D eigenvalue weighted by Crippen LogP contribution is -2.52. The molecule has 0 aliphatic carbocycles. The second-order valence-corrected chi connectivity index (χ2v) is 8.20. The first-order valence-corrected chi connectivity index (χ1v) is 10.6. The first-order chi connectivity index (χ1) is 14.1. The van der Waals surface area contributed by atoms with Gasteiger partial charge >= 0.3 is 0 Å². The van der Waals surface area contributed by atoms with Gasteiger partial charge in [-0.25, -0.2) is 4.98 Å². The van der Waals surface area contributed by atoms with E-state index in [1.807, 2.05) is 16.5 Å². The third kappa shape index (κ3) is 4.16. The van der Waals surface area contributed by atoms with E-state index in [0.29, 0.717) is 43.3 Å². The van der Waals surface area contributed by atoms with Gasteiger partial charge in [-0.2, -0.15) is 0 Å². The molecule has 2 aromatic heterocycles. The summed E-state index contributed by atoms with van der Waals surface area (Å²) in [5, 5.41) is 3.04. The Morgan fingerprint density at radius 1 is 1.21 bits per heavy atom.